The molecule has 0 saturated heterocycles. The topological polar surface area (TPSA) is 248 Å². The summed E-state index contributed by atoms with van der Waals surface area (Å²) in [6, 6.07) is -1.46. The predicted molar refractivity (Wildman–Crippen MR) is 165 cm³/mol. The van der Waals surface area contributed by atoms with E-state index in [4.69, 9.17) is 0 Å². The van der Waals surface area contributed by atoms with Crippen LogP contribution in [0.25, 0.3) is 0 Å². The molecule has 0 aromatic rings. The fourth-order valence-corrected chi connectivity index (χ4v) is 6.61. The minimum absolute atomic E-state index is 0.0266. The van der Waals surface area contributed by atoms with Crippen molar-refractivity contribution in [3.8, 4) is 0 Å². The van der Waals surface area contributed by atoms with Gasteiger partial charge in [0.2, 0.25) is 11.8 Å². The number of aliphatic carboxylic acids is 2. The largest absolute Gasteiger partial charge is 0.479 e. The number of aliphatic hydroxyl groups is 4. The van der Waals surface area contributed by atoms with Crippen molar-refractivity contribution in [3.63, 3.8) is 0 Å². The molecule has 2 fully saturated rings. The third-order valence-electron chi connectivity index (χ3n) is 9.14. The number of ketones is 2. The summed E-state index contributed by atoms with van der Waals surface area (Å²) < 4.78 is 0. The lowest BCUT2D eigenvalue weighted by molar-refractivity contribution is -0.172. The number of rotatable bonds is 14. The first-order chi connectivity index (χ1) is 21.2. The van der Waals surface area contributed by atoms with E-state index in [9.17, 15) is 59.4 Å². The fraction of sp³-hybridized carbons (Fsp3) is 0.812. The van der Waals surface area contributed by atoms with Crippen LogP contribution in [0.4, 0.5) is 0 Å². The monoisotopic (exact) mass is 658 g/mol. The summed E-state index contributed by atoms with van der Waals surface area (Å²) in [6.45, 7) is 10.1. The molecule has 264 valence electrons. The van der Waals surface area contributed by atoms with Crippen LogP contribution in [0.2, 0.25) is 0 Å². The summed E-state index contributed by atoms with van der Waals surface area (Å²) in [7, 11) is 0. The second kappa shape index (κ2) is 17.8. The van der Waals surface area contributed by atoms with Gasteiger partial charge in [0.25, 0.3) is 0 Å². The SMILES string of the molecule is CCCC(C)C(=O)CC1CC(O)(C(=O)O)CC(O)C1NC(C)=O.CCCC(C)C(=O)CC1CC(O)(C(=O)O)CC(O)C1NC(C)=O. The normalized spacial score (nSPS) is 32.1. The van der Waals surface area contributed by atoms with Crippen LogP contribution < -0.4 is 10.6 Å². The van der Waals surface area contributed by atoms with Gasteiger partial charge in [-0.25, -0.2) is 9.59 Å². The molecule has 2 amide bonds. The number of aliphatic hydroxyl groups excluding tert-OH is 2. The van der Waals surface area contributed by atoms with Gasteiger partial charge in [0, 0.05) is 51.4 Å². The Hall–Kier alpha value is -2.94. The molecule has 0 heterocycles. The van der Waals surface area contributed by atoms with Gasteiger partial charge in [0.15, 0.2) is 11.2 Å². The number of amides is 2. The van der Waals surface area contributed by atoms with E-state index in [2.05, 4.69) is 10.6 Å². The molecular formula is C32H54N2O12. The van der Waals surface area contributed by atoms with Crippen molar-refractivity contribution in [2.24, 2.45) is 23.7 Å². The first kappa shape index (κ1) is 41.1. The summed E-state index contributed by atoms with van der Waals surface area (Å²) in [5.74, 6) is -5.24. The molecule has 0 aromatic carbocycles. The highest BCUT2D eigenvalue weighted by Gasteiger charge is 2.51. The number of hydrogen-bond acceptors (Lipinski definition) is 10. The molecular weight excluding hydrogens is 604 g/mol. The summed E-state index contributed by atoms with van der Waals surface area (Å²) in [5, 5.41) is 64.4. The Morgan fingerprint density at radius 3 is 1.20 bits per heavy atom. The highest BCUT2D eigenvalue weighted by Crippen LogP contribution is 2.37. The molecule has 0 radical (unpaired) electrons. The highest BCUT2D eigenvalue weighted by atomic mass is 16.4. The maximum atomic E-state index is 12.3. The van der Waals surface area contributed by atoms with Crippen molar-refractivity contribution in [3.05, 3.63) is 0 Å². The van der Waals surface area contributed by atoms with E-state index >= 15 is 0 Å². The zero-order chi connectivity index (χ0) is 35.6. The first-order valence-corrected chi connectivity index (χ1v) is 16.1. The molecule has 8 N–H and O–H groups in total. The number of hydrogen-bond donors (Lipinski definition) is 8. The van der Waals surface area contributed by atoms with E-state index in [1.165, 1.54) is 13.8 Å². The van der Waals surface area contributed by atoms with Gasteiger partial charge in [-0.2, -0.15) is 0 Å². The highest BCUT2D eigenvalue weighted by molar-refractivity contribution is 5.83. The summed E-state index contributed by atoms with van der Waals surface area (Å²) in [6.07, 6.45) is -0.305. The fourth-order valence-electron chi connectivity index (χ4n) is 6.61. The van der Waals surface area contributed by atoms with Crippen LogP contribution in [0, 0.1) is 23.7 Å². The maximum absolute atomic E-state index is 12.3. The van der Waals surface area contributed by atoms with Gasteiger partial charge >= 0.3 is 11.9 Å². The lowest BCUT2D eigenvalue weighted by Crippen LogP contribution is -2.59. The molecule has 2 saturated carbocycles. The van der Waals surface area contributed by atoms with Crippen molar-refractivity contribution in [1.82, 2.24) is 10.6 Å². The van der Waals surface area contributed by atoms with Gasteiger partial charge < -0.3 is 41.3 Å². The maximum Gasteiger partial charge on any atom is 0.335 e. The molecule has 0 aromatic heterocycles. The lowest BCUT2D eigenvalue weighted by Gasteiger charge is -2.42. The molecule has 0 spiro atoms. The Balaban J connectivity index is 0.000000460. The minimum Gasteiger partial charge on any atom is -0.479 e. The van der Waals surface area contributed by atoms with Crippen LogP contribution in [-0.4, -0.2) is 101 Å². The summed E-state index contributed by atoms with van der Waals surface area (Å²) >= 11 is 0. The number of nitrogens with one attached hydrogen (secondary N) is 2. The summed E-state index contributed by atoms with van der Waals surface area (Å²) in [4.78, 5) is 69.8. The van der Waals surface area contributed by atoms with Crippen LogP contribution in [0.3, 0.4) is 0 Å². The Kier molecular flexibility index (Phi) is 15.9. The van der Waals surface area contributed by atoms with Crippen molar-refractivity contribution >= 4 is 35.3 Å². The van der Waals surface area contributed by atoms with E-state index in [1.807, 2.05) is 27.7 Å². The van der Waals surface area contributed by atoms with Crippen LogP contribution in [-0.2, 0) is 28.8 Å². The molecule has 2 rings (SSSR count). The molecule has 0 bridgehead atoms. The van der Waals surface area contributed by atoms with Gasteiger partial charge in [0.05, 0.1) is 24.3 Å². The Labute approximate surface area is 270 Å². The predicted octanol–water partition coefficient (Wildman–Crippen LogP) is 0.946. The third kappa shape index (κ3) is 11.7. The second-order valence-electron chi connectivity index (χ2n) is 13.3. The average Bonchev–Trinajstić information content (AvgIpc) is 2.92. The number of carbonyl (C=O) groups is 6. The van der Waals surface area contributed by atoms with Crippen LogP contribution >= 0.6 is 0 Å². The van der Waals surface area contributed by atoms with E-state index in [0.717, 1.165) is 25.7 Å². The van der Waals surface area contributed by atoms with Gasteiger partial charge in [-0.3, -0.25) is 19.2 Å². The molecule has 10 unspecified atom stereocenters. The van der Waals surface area contributed by atoms with Crippen molar-refractivity contribution in [2.75, 3.05) is 0 Å². The number of Topliss-reactive ketones (excluding diaryl/α,β-unsaturated/α-hetero) is 2. The number of carboxylic acid groups (broad SMARTS) is 2. The molecule has 10 atom stereocenters. The van der Waals surface area contributed by atoms with Gasteiger partial charge in [-0.15, -0.1) is 0 Å². The van der Waals surface area contributed by atoms with Crippen molar-refractivity contribution < 1.29 is 59.4 Å². The lowest BCUT2D eigenvalue weighted by atomic mass is 9.71. The van der Waals surface area contributed by atoms with E-state index in [0.29, 0.717) is 0 Å². The molecule has 46 heavy (non-hydrogen) atoms. The molecule has 14 nitrogen and oxygen atoms in total. The smallest absolute Gasteiger partial charge is 0.335 e. The van der Waals surface area contributed by atoms with E-state index < -0.39 is 59.3 Å². The average molecular weight is 659 g/mol. The Morgan fingerprint density at radius 1 is 0.652 bits per heavy atom. The second-order valence-corrected chi connectivity index (χ2v) is 13.3. The van der Waals surface area contributed by atoms with Crippen molar-refractivity contribution in [2.45, 2.75) is 141 Å². The number of carbonyl (C=O) groups excluding carboxylic acids is 4. The van der Waals surface area contributed by atoms with Crippen molar-refractivity contribution in [1.29, 1.82) is 0 Å². The van der Waals surface area contributed by atoms with Gasteiger partial charge in [0.1, 0.15) is 11.6 Å². The third-order valence-corrected chi connectivity index (χ3v) is 9.14. The van der Waals surface area contributed by atoms with Gasteiger partial charge in [-0.1, -0.05) is 40.5 Å². The molecule has 2 aliphatic carbocycles. The Morgan fingerprint density at radius 2 is 0.957 bits per heavy atom. The molecule has 2 aliphatic rings. The van der Waals surface area contributed by atoms with Crippen LogP contribution in [0.5, 0.6) is 0 Å². The van der Waals surface area contributed by atoms with Crippen LogP contribution in [0.15, 0.2) is 0 Å². The van der Waals surface area contributed by atoms with Gasteiger partial charge in [-0.05, 0) is 37.5 Å². The van der Waals surface area contributed by atoms with Crippen LogP contribution in [0.1, 0.15) is 106 Å². The standard InChI is InChI=1S/2C16H27NO6/c2*1-4-5-9(2)12(19)6-11-7-16(23,15(21)22)8-13(20)14(11)17-10(3)18/h2*9,11,13-14,20,23H,4-8H2,1-3H3,(H,17,18)(H,21,22). The quantitative estimate of drug-likeness (QED) is 0.130. The number of carboxylic acids is 2. The zero-order valence-corrected chi connectivity index (χ0v) is 27.8. The molecule has 14 heteroatoms. The zero-order valence-electron chi connectivity index (χ0n) is 27.8. The van der Waals surface area contributed by atoms with E-state index in [1.54, 1.807) is 0 Å². The first-order valence-electron chi connectivity index (χ1n) is 16.1. The molecule has 0 aliphatic heterocycles. The minimum atomic E-state index is -2.08. The Bertz CT molecular complexity index is 1010. The summed E-state index contributed by atoms with van der Waals surface area (Å²) in [5.41, 5.74) is -4.15. The van der Waals surface area contributed by atoms with E-state index in [-0.39, 0.29) is 73.7 Å².